The molecular weight excluding hydrogens is 454 g/mol. The molecule has 0 amide bonds. The number of ether oxygens (including phenoxy) is 1. The van der Waals surface area contributed by atoms with Crippen LogP contribution < -0.4 is 4.90 Å². The Kier molecular flexibility index (Phi) is 6.61. The Balaban J connectivity index is 1.48. The van der Waals surface area contributed by atoms with Crippen molar-refractivity contribution in [3.8, 4) is 11.4 Å². The number of nitrogens with one attached hydrogen (secondary N) is 1. The quantitative estimate of drug-likeness (QED) is 0.376. The van der Waals surface area contributed by atoms with Crippen LogP contribution in [0.25, 0.3) is 32.5 Å². The SMILES string of the molecule is O=C(CO)CCCC(=O)Cc1cc2nc(-c3cccc4[nH]ncc34)nc(N3CCOCC3)c2s1. The Bertz CT molecular complexity index is 1340. The highest BCUT2D eigenvalue weighted by Crippen LogP contribution is 2.36. The van der Waals surface area contributed by atoms with Crippen molar-refractivity contribution >= 4 is 49.8 Å². The number of hydrogen-bond donors (Lipinski definition) is 2. The van der Waals surface area contributed by atoms with Crippen LogP contribution in [0.3, 0.4) is 0 Å². The number of thiophene rings is 1. The summed E-state index contributed by atoms with van der Waals surface area (Å²) in [5.74, 6) is 1.32. The van der Waals surface area contributed by atoms with Crippen LogP contribution in [0.15, 0.2) is 30.5 Å². The van der Waals surface area contributed by atoms with Crippen molar-refractivity contribution in [2.24, 2.45) is 0 Å². The van der Waals surface area contributed by atoms with E-state index in [-0.39, 0.29) is 18.0 Å². The first-order chi connectivity index (χ1) is 16.6. The van der Waals surface area contributed by atoms with Crippen LogP contribution in [-0.2, 0) is 20.7 Å². The fourth-order valence-electron chi connectivity index (χ4n) is 4.17. The van der Waals surface area contributed by atoms with Crippen LogP contribution in [-0.4, -0.2) is 69.7 Å². The molecule has 1 saturated heterocycles. The largest absolute Gasteiger partial charge is 0.389 e. The minimum Gasteiger partial charge on any atom is -0.389 e. The van der Waals surface area contributed by atoms with Gasteiger partial charge in [0.15, 0.2) is 17.4 Å². The number of carbonyl (C=O) groups excluding carboxylic acids is 2. The molecule has 34 heavy (non-hydrogen) atoms. The van der Waals surface area contributed by atoms with Gasteiger partial charge in [-0.2, -0.15) is 5.10 Å². The zero-order chi connectivity index (χ0) is 23.5. The number of aliphatic hydroxyl groups is 1. The average molecular weight is 480 g/mol. The summed E-state index contributed by atoms with van der Waals surface area (Å²) in [5, 5.41) is 17.0. The molecule has 1 aromatic carbocycles. The Hall–Kier alpha value is -3.21. The third kappa shape index (κ3) is 4.70. The van der Waals surface area contributed by atoms with Crippen molar-refractivity contribution in [1.29, 1.82) is 0 Å². The maximum absolute atomic E-state index is 12.5. The fourth-order valence-corrected chi connectivity index (χ4v) is 5.31. The molecule has 4 aromatic rings. The normalized spacial score (nSPS) is 14.2. The van der Waals surface area contributed by atoms with Gasteiger partial charge in [0, 0.05) is 48.2 Å². The first-order valence-corrected chi connectivity index (χ1v) is 12.1. The number of fused-ring (bicyclic) bond motifs is 2. The van der Waals surface area contributed by atoms with E-state index in [1.165, 1.54) is 0 Å². The topological polar surface area (TPSA) is 121 Å². The molecule has 0 bridgehead atoms. The van der Waals surface area contributed by atoms with Crippen molar-refractivity contribution in [3.63, 3.8) is 0 Å². The number of H-pyrrole nitrogens is 1. The van der Waals surface area contributed by atoms with Crippen molar-refractivity contribution < 1.29 is 19.4 Å². The third-order valence-electron chi connectivity index (χ3n) is 5.90. The van der Waals surface area contributed by atoms with Gasteiger partial charge >= 0.3 is 0 Å². The van der Waals surface area contributed by atoms with Gasteiger partial charge in [-0.3, -0.25) is 14.7 Å². The first kappa shape index (κ1) is 22.6. The van der Waals surface area contributed by atoms with E-state index < -0.39 is 6.61 Å². The monoisotopic (exact) mass is 479 g/mol. The van der Waals surface area contributed by atoms with Gasteiger partial charge in [0.25, 0.3) is 0 Å². The van der Waals surface area contributed by atoms with Crippen molar-refractivity contribution in [1.82, 2.24) is 20.2 Å². The molecule has 0 radical (unpaired) electrons. The molecule has 2 N–H and O–H groups in total. The van der Waals surface area contributed by atoms with E-state index in [4.69, 9.17) is 19.8 Å². The highest BCUT2D eigenvalue weighted by atomic mass is 32.1. The van der Waals surface area contributed by atoms with Crippen LogP contribution in [0.1, 0.15) is 24.1 Å². The van der Waals surface area contributed by atoms with Gasteiger partial charge in [-0.1, -0.05) is 12.1 Å². The average Bonchev–Trinajstić information content (AvgIpc) is 3.50. The second-order valence-electron chi connectivity index (χ2n) is 8.30. The molecule has 0 atom stereocenters. The van der Waals surface area contributed by atoms with E-state index in [2.05, 4.69) is 15.1 Å². The third-order valence-corrected chi connectivity index (χ3v) is 7.02. The molecular formula is C24H25N5O4S. The number of morpholine rings is 1. The highest BCUT2D eigenvalue weighted by Gasteiger charge is 2.21. The summed E-state index contributed by atoms with van der Waals surface area (Å²) in [6, 6.07) is 7.89. The first-order valence-electron chi connectivity index (χ1n) is 11.3. The summed E-state index contributed by atoms with van der Waals surface area (Å²) in [6.45, 7) is 2.30. The Labute approximate surface area is 199 Å². The zero-order valence-corrected chi connectivity index (χ0v) is 19.4. The highest BCUT2D eigenvalue weighted by molar-refractivity contribution is 7.19. The molecule has 176 valence electrons. The maximum Gasteiger partial charge on any atom is 0.162 e. The Morgan fingerprint density at radius 2 is 1.97 bits per heavy atom. The molecule has 3 aromatic heterocycles. The number of rotatable bonds is 9. The van der Waals surface area contributed by atoms with Gasteiger partial charge in [0.05, 0.1) is 35.1 Å². The van der Waals surface area contributed by atoms with E-state index in [0.29, 0.717) is 38.3 Å². The van der Waals surface area contributed by atoms with E-state index in [1.54, 1.807) is 17.5 Å². The van der Waals surface area contributed by atoms with E-state index in [1.807, 2.05) is 24.3 Å². The minimum atomic E-state index is -0.470. The van der Waals surface area contributed by atoms with Gasteiger partial charge < -0.3 is 14.7 Å². The molecule has 1 fully saturated rings. The van der Waals surface area contributed by atoms with Gasteiger partial charge in [-0.25, -0.2) is 9.97 Å². The predicted octanol–water partition coefficient (Wildman–Crippen LogP) is 2.91. The molecule has 4 heterocycles. The number of hydrogen-bond acceptors (Lipinski definition) is 9. The van der Waals surface area contributed by atoms with Crippen LogP contribution in [0, 0.1) is 0 Å². The molecule has 9 nitrogen and oxygen atoms in total. The second kappa shape index (κ2) is 9.96. The number of anilines is 1. The van der Waals surface area contributed by atoms with Crippen LogP contribution in [0.5, 0.6) is 0 Å². The summed E-state index contributed by atoms with van der Waals surface area (Å²) in [5.41, 5.74) is 2.64. The molecule has 0 unspecified atom stereocenters. The number of aliphatic hydroxyl groups excluding tert-OH is 1. The van der Waals surface area contributed by atoms with Crippen LogP contribution in [0.2, 0.25) is 0 Å². The van der Waals surface area contributed by atoms with E-state index in [0.717, 1.165) is 50.5 Å². The van der Waals surface area contributed by atoms with Crippen LogP contribution >= 0.6 is 11.3 Å². The summed E-state index contributed by atoms with van der Waals surface area (Å²) in [7, 11) is 0. The van der Waals surface area contributed by atoms with Crippen molar-refractivity contribution in [3.05, 3.63) is 35.3 Å². The molecule has 0 saturated carbocycles. The number of aromatic amines is 1. The number of Topliss-reactive ketones (excluding diaryl/α,β-unsaturated/α-hetero) is 2. The van der Waals surface area contributed by atoms with Gasteiger partial charge in [-0.05, 0) is 18.6 Å². The smallest absolute Gasteiger partial charge is 0.162 e. The van der Waals surface area contributed by atoms with Crippen molar-refractivity contribution in [2.45, 2.75) is 25.7 Å². The molecule has 10 heteroatoms. The lowest BCUT2D eigenvalue weighted by Gasteiger charge is -2.28. The fraction of sp³-hybridized carbons (Fsp3) is 0.375. The summed E-state index contributed by atoms with van der Waals surface area (Å²) >= 11 is 1.55. The number of ketones is 2. The minimum absolute atomic E-state index is 0.0709. The number of benzene rings is 1. The van der Waals surface area contributed by atoms with E-state index in [9.17, 15) is 9.59 Å². The lowest BCUT2D eigenvalue weighted by atomic mass is 10.1. The summed E-state index contributed by atoms with van der Waals surface area (Å²) in [6.07, 6.45) is 3.08. The Morgan fingerprint density at radius 3 is 2.79 bits per heavy atom. The molecule has 5 rings (SSSR count). The Morgan fingerprint density at radius 1 is 1.15 bits per heavy atom. The van der Waals surface area contributed by atoms with E-state index >= 15 is 0 Å². The summed E-state index contributed by atoms with van der Waals surface area (Å²) in [4.78, 5) is 36.8. The lowest BCUT2D eigenvalue weighted by Crippen LogP contribution is -2.36. The number of nitrogens with zero attached hydrogens (tertiary/aromatic N) is 4. The van der Waals surface area contributed by atoms with Gasteiger partial charge in [0.1, 0.15) is 12.4 Å². The maximum atomic E-state index is 12.5. The number of aromatic nitrogens is 4. The lowest BCUT2D eigenvalue weighted by molar-refractivity contribution is -0.122. The summed E-state index contributed by atoms with van der Waals surface area (Å²) < 4.78 is 6.50. The number of carbonyl (C=O) groups is 2. The van der Waals surface area contributed by atoms with Gasteiger partial charge in [0.2, 0.25) is 0 Å². The molecule has 1 aliphatic heterocycles. The zero-order valence-electron chi connectivity index (χ0n) is 18.6. The standard InChI is InChI=1S/C24H25N5O4S/c30-14-16(32)4-1-3-15(31)11-17-12-21-22(34-17)24(29-7-9-33-10-8-29)27-23(26-21)18-5-2-6-20-19(18)13-25-28-20/h2,5-6,12-13,30H,1,3-4,7-11,14H2,(H,25,28). The predicted molar refractivity (Wildman–Crippen MR) is 130 cm³/mol. The molecule has 1 aliphatic rings. The van der Waals surface area contributed by atoms with Crippen molar-refractivity contribution in [2.75, 3.05) is 37.8 Å². The van der Waals surface area contributed by atoms with Gasteiger partial charge in [-0.15, -0.1) is 11.3 Å². The van der Waals surface area contributed by atoms with Crippen LogP contribution in [0.4, 0.5) is 5.82 Å². The molecule has 0 aliphatic carbocycles. The second-order valence-corrected chi connectivity index (χ2v) is 9.44. The molecule has 0 spiro atoms.